The zero-order chi connectivity index (χ0) is 25.2. The fourth-order valence-corrected chi connectivity index (χ4v) is 3.34. The van der Waals surface area contributed by atoms with E-state index in [0.717, 1.165) is 25.7 Å². The Morgan fingerprint density at radius 1 is 0.943 bits per heavy atom. The number of unbranched alkanes of at least 4 members (excludes halogenated alkanes) is 2. The van der Waals surface area contributed by atoms with Crippen molar-refractivity contribution in [2.45, 2.75) is 39.5 Å². The number of anilines is 3. The third kappa shape index (κ3) is 7.87. The van der Waals surface area contributed by atoms with E-state index in [9.17, 15) is 9.90 Å². The molecule has 0 saturated carbocycles. The van der Waals surface area contributed by atoms with Gasteiger partial charge in [0.25, 0.3) is 5.91 Å². The minimum Gasteiger partial charge on any atom is -0.506 e. The van der Waals surface area contributed by atoms with Gasteiger partial charge in [-0.2, -0.15) is 15.0 Å². The van der Waals surface area contributed by atoms with Crippen LogP contribution in [0.3, 0.4) is 0 Å². The van der Waals surface area contributed by atoms with Crippen LogP contribution in [-0.4, -0.2) is 39.2 Å². The third-order valence-electron chi connectivity index (χ3n) is 4.80. The molecule has 9 nitrogen and oxygen atoms in total. The lowest BCUT2D eigenvalue weighted by molar-refractivity contribution is 0.102. The summed E-state index contributed by atoms with van der Waals surface area (Å²) in [5.41, 5.74) is 1.01. The molecular formula is C24H27Cl2N5O4. The van der Waals surface area contributed by atoms with Crippen LogP contribution in [0.1, 0.15) is 49.9 Å². The normalized spacial score (nSPS) is 10.6. The number of hydrogen-bond acceptors (Lipinski definition) is 8. The van der Waals surface area contributed by atoms with Gasteiger partial charge in [-0.15, -0.1) is 0 Å². The Balaban J connectivity index is 1.74. The standard InChI is InChI=1S/C24H27Cl2N5O4/c1-3-5-11-34-16-8-9-17(20(14-16)35-12-6-4-2)21(33)28-18-10-7-15(13-19(18)32)27-24-30-22(25)29-23(26)31-24/h7-10,13-14,32H,3-6,11-12H2,1-2H3,(H,28,33)(H,27,29,30,31). The first-order valence-electron chi connectivity index (χ1n) is 11.3. The number of rotatable bonds is 12. The molecule has 0 bridgehead atoms. The van der Waals surface area contributed by atoms with Crippen molar-refractivity contribution in [2.24, 2.45) is 0 Å². The third-order valence-corrected chi connectivity index (χ3v) is 5.14. The highest BCUT2D eigenvalue weighted by atomic mass is 35.5. The van der Waals surface area contributed by atoms with Gasteiger partial charge in [-0.1, -0.05) is 26.7 Å². The van der Waals surface area contributed by atoms with Crippen LogP contribution in [0.2, 0.25) is 10.6 Å². The van der Waals surface area contributed by atoms with Crippen molar-refractivity contribution in [1.82, 2.24) is 15.0 Å². The van der Waals surface area contributed by atoms with E-state index in [0.29, 0.717) is 36.0 Å². The zero-order valence-corrected chi connectivity index (χ0v) is 21.0. The molecule has 0 aliphatic carbocycles. The van der Waals surface area contributed by atoms with Gasteiger partial charge >= 0.3 is 0 Å². The number of phenols is 1. The van der Waals surface area contributed by atoms with Crippen molar-refractivity contribution in [1.29, 1.82) is 0 Å². The molecule has 0 atom stereocenters. The van der Waals surface area contributed by atoms with Crippen molar-refractivity contribution in [2.75, 3.05) is 23.8 Å². The summed E-state index contributed by atoms with van der Waals surface area (Å²) in [4.78, 5) is 24.5. The van der Waals surface area contributed by atoms with E-state index in [2.05, 4.69) is 39.4 Å². The Bertz CT molecular complexity index is 1140. The summed E-state index contributed by atoms with van der Waals surface area (Å²) in [5, 5.41) is 15.9. The summed E-state index contributed by atoms with van der Waals surface area (Å²) in [5.74, 6) is 0.581. The second-order valence-electron chi connectivity index (χ2n) is 7.57. The lowest BCUT2D eigenvalue weighted by Gasteiger charge is -2.15. The van der Waals surface area contributed by atoms with Crippen LogP contribution < -0.4 is 20.1 Å². The van der Waals surface area contributed by atoms with Gasteiger partial charge in [0.1, 0.15) is 17.2 Å². The van der Waals surface area contributed by atoms with Gasteiger partial charge in [0.05, 0.1) is 24.5 Å². The van der Waals surface area contributed by atoms with E-state index in [4.69, 9.17) is 32.7 Å². The first-order chi connectivity index (χ1) is 16.9. The lowest BCUT2D eigenvalue weighted by atomic mass is 10.1. The zero-order valence-electron chi connectivity index (χ0n) is 19.5. The number of ether oxygens (including phenoxy) is 2. The van der Waals surface area contributed by atoms with Gasteiger partial charge in [-0.05, 0) is 60.3 Å². The summed E-state index contributed by atoms with van der Waals surface area (Å²) in [6.45, 7) is 5.22. The number of amides is 1. The van der Waals surface area contributed by atoms with Crippen LogP contribution in [0, 0.1) is 0 Å². The smallest absolute Gasteiger partial charge is 0.259 e. The maximum atomic E-state index is 13.0. The Morgan fingerprint density at radius 3 is 2.29 bits per heavy atom. The average molecular weight is 520 g/mol. The minimum atomic E-state index is -0.427. The van der Waals surface area contributed by atoms with Crippen molar-refractivity contribution in [3.05, 3.63) is 52.5 Å². The average Bonchev–Trinajstić information content (AvgIpc) is 2.80. The van der Waals surface area contributed by atoms with Crippen molar-refractivity contribution < 1.29 is 19.4 Å². The monoisotopic (exact) mass is 519 g/mol. The number of nitrogens with one attached hydrogen (secondary N) is 2. The Kier molecular flexibility index (Phi) is 9.75. The maximum Gasteiger partial charge on any atom is 0.259 e. The summed E-state index contributed by atoms with van der Waals surface area (Å²) >= 11 is 11.6. The Hall–Kier alpha value is -3.30. The lowest BCUT2D eigenvalue weighted by Crippen LogP contribution is -2.14. The van der Waals surface area contributed by atoms with Gasteiger partial charge in [0.15, 0.2) is 0 Å². The van der Waals surface area contributed by atoms with Crippen molar-refractivity contribution >= 4 is 46.4 Å². The highest BCUT2D eigenvalue weighted by molar-refractivity contribution is 6.31. The van der Waals surface area contributed by atoms with E-state index in [1.807, 2.05) is 0 Å². The predicted octanol–water partition coefficient (Wildman–Crippen LogP) is 6.24. The molecule has 3 N–H and O–H groups in total. The fourth-order valence-electron chi connectivity index (χ4n) is 2.98. The molecule has 0 saturated heterocycles. The van der Waals surface area contributed by atoms with Crippen LogP contribution in [0.4, 0.5) is 17.3 Å². The largest absolute Gasteiger partial charge is 0.506 e. The van der Waals surface area contributed by atoms with E-state index in [-0.39, 0.29) is 28.0 Å². The van der Waals surface area contributed by atoms with E-state index in [1.165, 1.54) is 6.07 Å². The quantitative estimate of drug-likeness (QED) is 0.190. The van der Waals surface area contributed by atoms with Gasteiger partial charge in [-0.25, -0.2) is 0 Å². The van der Waals surface area contributed by atoms with Crippen LogP contribution in [0.5, 0.6) is 17.2 Å². The molecule has 0 radical (unpaired) electrons. The van der Waals surface area contributed by atoms with Crippen molar-refractivity contribution in [3.63, 3.8) is 0 Å². The second kappa shape index (κ2) is 13.0. The van der Waals surface area contributed by atoms with E-state index in [1.54, 1.807) is 30.3 Å². The van der Waals surface area contributed by atoms with Gasteiger partial charge in [0.2, 0.25) is 16.5 Å². The van der Waals surface area contributed by atoms with Gasteiger partial charge in [-0.3, -0.25) is 4.79 Å². The molecule has 1 amide bonds. The summed E-state index contributed by atoms with van der Waals surface area (Å²) in [6.07, 6.45) is 3.78. The van der Waals surface area contributed by atoms with Crippen LogP contribution in [-0.2, 0) is 0 Å². The molecule has 0 unspecified atom stereocenters. The number of aromatic hydroxyl groups is 1. The van der Waals surface area contributed by atoms with Gasteiger partial charge < -0.3 is 25.2 Å². The molecular weight excluding hydrogens is 493 g/mol. The molecule has 2 aromatic carbocycles. The van der Waals surface area contributed by atoms with E-state index >= 15 is 0 Å². The van der Waals surface area contributed by atoms with E-state index < -0.39 is 5.91 Å². The molecule has 11 heteroatoms. The molecule has 0 aliphatic heterocycles. The SMILES string of the molecule is CCCCOc1ccc(C(=O)Nc2ccc(Nc3nc(Cl)nc(Cl)n3)cc2O)c(OCCCC)c1. The molecule has 1 aromatic heterocycles. The molecule has 186 valence electrons. The second-order valence-corrected chi connectivity index (χ2v) is 8.25. The summed E-state index contributed by atoms with van der Waals surface area (Å²) in [7, 11) is 0. The number of carbonyl (C=O) groups is 1. The fraction of sp³-hybridized carbons (Fsp3) is 0.333. The maximum absolute atomic E-state index is 13.0. The number of halogens is 2. The Labute approximate surface area is 213 Å². The molecule has 3 aromatic rings. The number of carbonyl (C=O) groups excluding carboxylic acids is 1. The minimum absolute atomic E-state index is 0.0700. The Morgan fingerprint density at radius 2 is 1.63 bits per heavy atom. The number of phenolic OH excluding ortho intramolecular Hbond substituents is 1. The molecule has 1 heterocycles. The van der Waals surface area contributed by atoms with Crippen LogP contribution >= 0.6 is 23.2 Å². The van der Waals surface area contributed by atoms with Crippen LogP contribution in [0.25, 0.3) is 0 Å². The summed E-state index contributed by atoms with van der Waals surface area (Å²) < 4.78 is 11.6. The molecule has 0 spiro atoms. The topological polar surface area (TPSA) is 118 Å². The highest BCUT2D eigenvalue weighted by Crippen LogP contribution is 2.31. The number of aromatic nitrogens is 3. The van der Waals surface area contributed by atoms with Crippen LogP contribution in [0.15, 0.2) is 36.4 Å². The molecule has 0 fully saturated rings. The first-order valence-corrected chi connectivity index (χ1v) is 12.0. The number of nitrogens with zero attached hydrogens (tertiary/aromatic N) is 3. The predicted molar refractivity (Wildman–Crippen MR) is 136 cm³/mol. The number of benzene rings is 2. The highest BCUT2D eigenvalue weighted by Gasteiger charge is 2.16. The molecule has 0 aliphatic rings. The molecule has 35 heavy (non-hydrogen) atoms. The first kappa shape index (κ1) is 26.3. The molecule has 3 rings (SSSR count). The summed E-state index contributed by atoms with van der Waals surface area (Å²) in [6, 6.07) is 9.68. The number of hydrogen-bond donors (Lipinski definition) is 3. The van der Waals surface area contributed by atoms with Crippen molar-refractivity contribution in [3.8, 4) is 17.2 Å². The van der Waals surface area contributed by atoms with Gasteiger partial charge in [0, 0.05) is 17.8 Å².